The summed E-state index contributed by atoms with van der Waals surface area (Å²) in [7, 11) is 0. The molecule has 5 heteroatoms. The van der Waals surface area contributed by atoms with Gasteiger partial charge in [0.25, 0.3) is 0 Å². The fraction of sp³-hybridized carbons (Fsp3) is 0.467. The maximum Gasteiger partial charge on any atom is 0.234 e. The van der Waals surface area contributed by atoms with Crippen molar-refractivity contribution in [1.82, 2.24) is 5.16 Å². The molecule has 0 aliphatic rings. The van der Waals surface area contributed by atoms with E-state index >= 15 is 0 Å². The number of hydrogen-bond donors (Lipinski definition) is 0. The van der Waals surface area contributed by atoms with Gasteiger partial charge in [-0.1, -0.05) is 24.6 Å². The normalized spacial score (nSPS) is 11.0. The molecule has 20 heavy (non-hydrogen) atoms. The number of aromatic nitrogens is 1. The lowest BCUT2D eigenvalue weighted by Gasteiger charge is -2.23. The van der Waals surface area contributed by atoms with E-state index in [2.05, 4.69) is 12.1 Å². The van der Waals surface area contributed by atoms with E-state index in [1.165, 1.54) is 0 Å². The van der Waals surface area contributed by atoms with Crippen molar-refractivity contribution < 1.29 is 9.32 Å². The second-order valence-electron chi connectivity index (χ2n) is 4.99. The van der Waals surface area contributed by atoms with Crippen molar-refractivity contribution in [3.05, 3.63) is 23.6 Å². The molecule has 1 amide bonds. The number of thiophene rings is 1. The Labute approximate surface area is 123 Å². The molecule has 2 aromatic rings. The Bertz CT molecular complexity index is 546. The van der Waals surface area contributed by atoms with E-state index in [4.69, 9.17) is 4.52 Å². The number of unbranched alkanes of at least 4 members (excludes halogenated alkanes) is 1. The highest BCUT2D eigenvalue weighted by Gasteiger charge is 2.23. The molecule has 0 spiro atoms. The first-order valence-electron chi connectivity index (χ1n) is 6.96. The van der Waals surface area contributed by atoms with Crippen molar-refractivity contribution in [3.63, 3.8) is 0 Å². The number of carbonyl (C=O) groups excluding carboxylic acids is 1. The van der Waals surface area contributed by atoms with Crippen LogP contribution in [0.5, 0.6) is 0 Å². The molecule has 2 heterocycles. The number of nitrogens with zero attached hydrogens (tertiary/aromatic N) is 2. The first kappa shape index (κ1) is 14.8. The predicted octanol–water partition coefficient (Wildman–Crippen LogP) is 4.33. The topological polar surface area (TPSA) is 46.3 Å². The van der Waals surface area contributed by atoms with Crippen LogP contribution in [0.1, 0.15) is 40.0 Å². The van der Waals surface area contributed by atoms with Gasteiger partial charge in [0.05, 0.1) is 4.88 Å². The third-order valence-corrected chi connectivity index (χ3v) is 3.93. The Morgan fingerprint density at radius 1 is 1.50 bits per heavy atom. The number of amides is 1. The molecule has 0 atom stereocenters. The highest BCUT2D eigenvalue weighted by atomic mass is 32.1. The molecule has 0 aromatic carbocycles. The van der Waals surface area contributed by atoms with Gasteiger partial charge in [-0.3, -0.25) is 9.69 Å². The van der Waals surface area contributed by atoms with Gasteiger partial charge in [0.15, 0.2) is 0 Å². The van der Waals surface area contributed by atoms with E-state index in [1.807, 2.05) is 37.4 Å². The molecule has 108 valence electrons. The van der Waals surface area contributed by atoms with Gasteiger partial charge in [-0.15, -0.1) is 11.3 Å². The summed E-state index contributed by atoms with van der Waals surface area (Å²) >= 11 is 1.61. The summed E-state index contributed by atoms with van der Waals surface area (Å²) in [5.74, 6) is 0.625. The molecule has 4 nitrogen and oxygen atoms in total. The zero-order valence-corrected chi connectivity index (χ0v) is 12.9. The molecule has 0 saturated heterocycles. The first-order chi connectivity index (χ1) is 9.63. The fourth-order valence-corrected chi connectivity index (χ4v) is 2.71. The van der Waals surface area contributed by atoms with Crippen molar-refractivity contribution >= 4 is 23.1 Å². The zero-order chi connectivity index (χ0) is 14.5. The molecule has 0 bridgehead atoms. The van der Waals surface area contributed by atoms with E-state index in [1.54, 1.807) is 16.2 Å². The number of hydrogen-bond acceptors (Lipinski definition) is 4. The van der Waals surface area contributed by atoms with Crippen LogP contribution in [0.2, 0.25) is 0 Å². The van der Waals surface area contributed by atoms with Gasteiger partial charge >= 0.3 is 0 Å². The molecular formula is C15H20N2O2S. The molecule has 0 aliphatic carbocycles. The van der Waals surface area contributed by atoms with Crippen LogP contribution in [0, 0.1) is 0 Å². The highest BCUT2D eigenvalue weighted by Crippen LogP contribution is 2.28. The van der Waals surface area contributed by atoms with E-state index in [0.717, 1.165) is 23.4 Å². The molecule has 0 unspecified atom stereocenters. The van der Waals surface area contributed by atoms with Crippen molar-refractivity contribution in [2.75, 3.05) is 4.90 Å². The van der Waals surface area contributed by atoms with E-state index in [9.17, 15) is 4.79 Å². The molecule has 0 aliphatic heterocycles. The largest absolute Gasteiger partial charge is 0.338 e. The number of anilines is 1. The van der Waals surface area contributed by atoms with E-state index in [-0.39, 0.29) is 11.9 Å². The van der Waals surface area contributed by atoms with E-state index in [0.29, 0.717) is 12.3 Å². The SMILES string of the molecule is CCCCC(=O)N(c1cc(-c2cccs2)no1)C(C)C. The maximum atomic E-state index is 12.3. The first-order valence-corrected chi connectivity index (χ1v) is 7.84. The van der Waals surface area contributed by atoms with Gasteiger partial charge in [-0.2, -0.15) is 0 Å². The molecule has 0 N–H and O–H groups in total. The van der Waals surface area contributed by atoms with Crippen LogP contribution in [0.4, 0.5) is 5.88 Å². The smallest absolute Gasteiger partial charge is 0.234 e. The van der Waals surface area contributed by atoms with Crippen LogP contribution in [0.15, 0.2) is 28.1 Å². The van der Waals surface area contributed by atoms with Crippen LogP contribution in [0.25, 0.3) is 10.6 Å². The van der Waals surface area contributed by atoms with Crippen molar-refractivity contribution in [2.45, 2.75) is 46.1 Å². The Balaban J connectivity index is 2.20. The molecule has 0 radical (unpaired) electrons. The summed E-state index contributed by atoms with van der Waals surface area (Å²) in [6.45, 7) is 6.05. The molecule has 2 aromatic heterocycles. The van der Waals surface area contributed by atoms with Crippen LogP contribution >= 0.6 is 11.3 Å². The monoisotopic (exact) mass is 292 g/mol. The van der Waals surface area contributed by atoms with Gasteiger partial charge in [-0.25, -0.2) is 0 Å². The van der Waals surface area contributed by atoms with Gasteiger partial charge in [0, 0.05) is 18.5 Å². The second kappa shape index (κ2) is 6.70. The Kier molecular flexibility index (Phi) is 4.95. The van der Waals surface area contributed by atoms with Crippen molar-refractivity contribution in [3.8, 4) is 10.6 Å². The average Bonchev–Trinajstić information content (AvgIpc) is 3.06. The number of rotatable bonds is 6. The third-order valence-electron chi connectivity index (χ3n) is 3.04. The lowest BCUT2D eigenvalue weighted by molar-refractivity contribution is -0.119. The van der Waals surface area contributed by atoms with Crippen LogP contribution in [-0.2, 0) is 4.79 Å². The van der Waals surface area contributed by atoms with Gasteiger partial charge in [0.1, 0.15) is 5.69 Å². The molecular weight excluding hydrogens is 272 g/mol. The number of carbonyl (C=O) groups is 1. The van der Waals surface area contributed by atoms with Crippen LogP contribution in [-0.4, -0.2) is 17.1 Å². The van der Waals surface area contributed by atoms with Crippen LogP contribution in [0.3, 0.4) is 0 Å². The maximum absolute atomic E-state index is 12.3. The summed E-state index contributed by atoms with van der Waals surface area (Å²) in [4.78, 5) is 15.0. The predicted molar refractivity (Wildman–Crippen MR) is 82.0 cm³/mol. The summed E-state index contributed by atoms with van der Waals surface area (Å²) in [5, 5.41) is 6.06. The minimum absolute atomic E-state index is 0.0588. The Morgan fingerprint density at radius 2 is 2.30 bits per heavy atom. The summed E-state index contributed by atoms with van der Waals surface area (Å²) in [6, 6.07) is 5.87. The summed E-state index contributed by atoms with van der Waals surface area (Å²) in [5.41, 5.74) is 0.781. The van der Waals surface area contributed by atoms with Gasteiger partial charge in [0.2, 0.25) is 11.8 Å². The minimum Gasteiger partial charge on any atom is -0.338 e. The highest BCUT2D eigenvalue weighted by molar-refractivity contribution is 7.13. The van der Waals surface area contributed by atoms with Crippen LogP contribution < -0.4 is 4.90 Å². The summed E-state index contributed by atoms with van der Waals surface area (Å²) in [6.07, 6.45) is 2.45. The standard InChI is InChI=1S/C15H20N2O2S/c1-4-5-8-14(18)17(11(2)3)15-10-12(16-19-15)13-7-6-9-20-13/h6-7,9-11H,4-5,8H2,1-3H3. The van der Waals surface area contributed by atoms with Gasteiger partial charge in [-0.05, 0) is 31.7 Å². The Morgan fingerprint density at radius 3 is 2.90 bits per heavy atom. The molecule has 0 saturated carbocycles. The van der Waals surface area contributed by atoms with Crippen molar-refractivity contribution in [1.29, 1.82) is 0 Å². The average molecular weight is 292 g/mol. The third kappa shape index (κ3) is 3.28. The molecule has 2 rings (SSSR count). The van der Waals surface area contributed by atoms with E-state index < -0.39 is 0 Å². The van der Waals surface area contributed by atoms with Gasteiger partial charge < -0.3 is 4.52 Å². The zero-order valence-electron chi connectivity index (χ0n) is 12.1. The second-order valence-corrected chi connectivity index (χ2v) is 5.94. The lowest BCUT2D eigenvalue weighted by Crippen LogP contribution is -2.36. The lowest BCUT2D eigenvalue weighted by atomic mass is 10.2. The Hall–Kier alpha value is -1.62. The molecule has 0 fully saturated rings. The fourth-order valence-electron chi connectivity index (χ4n) is 2.03. The quantitative estimate of drug-likeness (QED) is 0.796. The van der Waals surface area contributed by atoms with Crippen molar-refractivity contribution in [2.24, 2.45) is 0 Å². The summed E-state index contributed by atoms with van der Waals surface area (Å²) < 4.78 is 5.37. The minimum atomic E-state index is 0.0588.